The summed E-state index contributed by atoms with van der Waals surface area (Å²) >= 11 is 0. The smallest absolute Gasteiger partial charge is 0.126 e. The van der Waals surface area contributed by atoms with E-state index in [1.54, 1.807) is 6.20 Å². The molecule has 1 N–H and O–H groups in total. The van der Waals surface area contributed by atoms with Crippen molar-refractivity contribution in [1.82, 2.24) is 4.98 Å². The third kappa shape index (κ3) is 3.03. The zero-order chi connectivity index (χ0) is 8.32. The lowest BCUT2D eigenvalue weighted by molar-refractivity contribution is 0.630. The summed E-state index contributed by atoms with van der Waals surface area (Å²) in [5, 5.41) is 3.27. The summed E-state index contributed by atoms with van der Waals surface area (Å²) in [6.07, 6.45) is 1.79. The molecule has 0 amide bonds. The molecule has 0 saturated heterocycles. The minimum atomic E-state index is 0.0916. The van der Waals surface area contributed by atoms with Crippen LogP contribution in [0.2, 0.25) is 0 Å². The Morgan fingerprint density at radius 2 is 2.00 bits per heavy atom. The first kappa shape index (κ1) is 8.05. The van der Waals surface area contributed by atoms with E-state index < -0.39 is 0 Å². The van der Waals surface area contributed by atoms with Gasteiger partial charge in [0.15, 0.2) is 0 Å². The van der Waals surface area contributed by atoms with Crippen molar-refractivity contribution in [2.45, 2.75) is 26.3 Å². The highest BCUT2D eigenvalue weighted by Gasteiger charge is 2.08. The molecule has 0 spiro atoms. The first-order valence-corrected chi connectivity index (χ1v) is 3.77. The second-order valence-electron chi connectivity index (χ2n) is 3.59. The van der Waals surface area contributed by atoms with Crippen molar-refractivity contribution < 1.29 is 0 Å². The third-order valence-corrected chi connectivity index (χ3v) is 1.17. The van der Waals surface area contributed by atoms with E-state index in [0.717, 1.165) is 5.82 Å². The van der Waals surface area contributed by atoms with Gasteiger partial charge in [0.1, 0.15) is 5.82 Å². The van der Waals surface area contributed by atoms with Crippen molar-refractivity contribution in [2.24, 2.45) is 0 Å². The number of pyridine rings is 1. The van der Waals surface area contributed by atoms with E-state index in [4.69, 9.17) is 0 Å². The van der Waals surface area contributed by atoms with Gasteiger partial charge in [-0.25, -0.2) is 4.98 Å². The van der Waals surface area contributed by atoms with Crippen LogP contribution in [0.5, 0.6) is 0 Å². The van der Waals surface area contributed by atoms with E-state index in [1.165, 1.54) is 0 Å². The summed E-state index contributed by atoms with van der Waals surface area (Å²) in [6.45, 7) is 6.34. The summed E-state index contributed by atoms with van der Waals surface area (Å²) in [6, 6.07) is 5.85. The molecular weight excluding hydrogens is 136 g/mol. The molecule has 0 aliphatic heterocycles. The van der Waals surface area contributed by atoms with E-state index >= 15 is 0 Å². The standard InChI is InChI=1S/C9H14N2/c1-9(2,3)11-8-6-4-5-7-10-8/h4-7H,1-3H3,(H,10,11). The van der Waals surface area contributed by atoms with Gasteiger partial charge in [0.25, 0.3) is 0 Å². The van der Waals surface area contributed by atoms with Crippen LogP contribution in [-0.2, 0) is 0 Å². The Bertz CT molecular complexity index is 211. The number of hydrogen-bond acceptors (Lipinski definition) is 2. The highest BCUT2D eigenvalue weighted by molar-refractivity contribution is 5.35. The van der Waals surface area contributed by atoms with Gasteiger partial charge in [0, 0.05) is 11.7 Å². The summed E-state index contributed by atoms with van der Waals surface area (Å²) in [7, 11) is 0. The minimum absolute atomic E-state index is 0.0916. The van der Waals surface area contributed by atoms with Crippen LogP contribution >= 0.6 is 0 Å². The maximum Gasteiger partial charge on any atom is 0.126 e. The van der Waals surface area contributed by atoms with Gasteiger partial charge in [-0.3, -0.25) is 0 Å². The number of nitrogens with one attached hydrogen (secondary N) is 1. The summed E-state index contributed by atoms with van der Waals surface area (Å²) in [4.78, 5) is 4.15. The molecule has 1 aromatic heterocycles. The van der Waals surface area contributed by atoms with Gasteiger partial charge in [-0.2, -0.15) is 0 Å². The fourth-order valence-corrected chi connectivity index (χ4v) is 0.821. The van der Waals surface area contributed by atoms with E-state index in [2.05, 4.69) is 31.1 Å². The number of anilines is 1. The van der Waals surface area contributed by atoms with Gasteiger partial charge in [-0.15, -0.1) is 0 Å². The zero-order valence-electron chi connectivity index (χ0n) is 7.26. The number of nitrogens with zero attached hydrogens (tertiary/aromatic N) is 1. The first-order valence-electron chi connectivity index (χ1n) is 3.77. The SMILES string of the molecule is CC(C)(C)Nc1ccccn1. The minimum Gasteiger partial charge on any atom is -0.365 e. The van der Waals surface area contributed by atoms with Gasteiger partial charge in [0.05, 0.1) is 0 Å². The molecule has 0 aliphatic rings. The molecule has 0 bridgehead atoms. The van der Waals surface area contributed by atoms with Crippen LogP contribution < -0.4 is 5.32 Å². The Labute approximate surface area is 67.7 Å². The fourth-order valence-electron chi connectivity index (χ4n) is 0.821. The number of aromatic nitrogens is 1. The summed E-state index contributed by atoms with van der Waals surface area (Å²) < 4.78 is 0. The molecular formula is C9H14N2. The zero-order valence-corrected chi connectivity index (χ0v) is 7.26. The van der Waals surface area contributed by atoms with Crippen LogP contribution in [0.3, 0.4) is 0 Å². The van der Waals surface area contributed by atoms with E-state index in [9.17, 15) is 0 Å². The average Bonchev–Trinajstić information content (AvgIpc) is 1.85. The van der Waals surface area contributed by atoms with Crippen molar-refractivity contribution in [3.63, 3.8) is 0 Å². The molecule has 0 aliphatic carbocycles. The van der Waals surface area contributed by atoms with Gasteiger partial charge in [-0.1, -0.05) is 6.07 Å². The Kier molecular flexibility index (Phi) is 2.13. The molecule has 1 rings (SSSR count). The van der Waals surface area contributed by atoms with Crippen LogP contribution in [0, 0.1) is 0 Å². The molecule has 2 heteroatoms. The monoisotopic (exact) mass is 150 g/mol. The molecule has 1 heterocycles. The molecule has 0 unspecified atom stereocenters. The summed E-state index contributed by atoms with van der Waals surface area (Å²) in [5.74, 6) is 0.931. The maximum atomic E-state index is 4.15. The van der Waals surface area contributed by atoms with Crippen LogP contribution in [-0.4, -0.2) is 10.5 Å². The number of hydrogen-bond donors (Lipinski definition) is 1. The summed E-state index contributed by atoms with van der Waals surface area (Å²) in [5.41, 5.74) is 0.0916. The van der Waals surface area contributed by atoms with Gasteiger partial charge >= 0.3 is 0 Å². The van der Waals surface area contributed by atoms with Crippen molar-refractivity contribution in [3.8, 4) is 0 Å². The normalized spacial score (nSPS) is 11.2. The first-order chi connectivity index (χ1) is 5.08. The predicted octanol–water partition coefficient (Wildman–Crippen LogP) is 2.29. The molecule has 0 saturated carbocycles. The second-order valence-corrected chi connectivity index (χ2v) is 3.59. The lowest BCUT2D eigenvalue weighted by Crippen LogP contribution is -2.26. The fraction of sp³-hybridized carbons (Fsp3) is 0.444. The van der Waals surface area contributed by atoms with E-state index in [1.807, 2.05) is 18.2 Å². The third-order valence-electron chi connectivity index (χ3n) is 1.17. The van der Waals surface area contributed by atoms with Crippen molar-refractivity contribution in [3.05, 3.63) is 24.4 Å². The van der Waals surface area contributed by atoms with E-state index in [0.29, 0.717) is 0 Å². The highest BCUT2D eigenvalue weighted by Crippen LogP contribution is 2.09. The molecule has 0 fully saturated rings. The Morgan fingerprint density at radius 3 is 2.45 bits per heavy atom. The maximum absolute atomic E-state index is 4.15. The quantitative estimate of drug-likeness (QED) is 0.664. The van der Waals surface area contributed by atoms with Gasteiger partial charge in [-0.05, 0) is 32.9 Å². The lowest BCUT2D eigenvalue weighted by atomic mass is 10.1. The van der Waals surface area contributed by atoms with Gasteiger partial charge < -0.3 is 5.32 Å². The largest absolute Gasteiger partial charge is 0.365 e. The number of rotatable bonds is 1. The van der Waals surface area contributed by atoms with Gasteiger partial charge in [0.2, 0.25) is 0 Å². The van der Waals surface area contributed by atoms with Crippen molar-refractivity contribution >= 4 is 5.82 Å². The molecule has 60 valence electrons. The van der Waals surface area contributed by atoms with Crippen LogP contribution in [0.1, 0.15) is 20.8 Å². The Morgan fingerprint density at radius 1 is 1.27 bits per heavy atom. The predicted molar refractivity (Wildman–Crippen MR) is 47.6 cm³/mol. The van der Waals surface area contributed by atoms with Crippen molar-refractivity contribution in [2.75, 3.05) is 5.32 Å². The molecule has 1 aromatic rings. The van der Waals surface area contributed by atoms with E-state index in [-0.39, 0.29) is 5.54 Å². The Balaban J connectivity index is 2.66. The molecule has 0 aromatic carbocycles. The molecule has 11 heavy (non-hydrogen) atoms. The molecule has 0 radical (unpaired) electrons. The lowest BCUT2D eigenvalue weighted by Gasteiger charge is -2.20. The highest BCUT2D eigenvalue weighted by atomic mass is 15.0. The van der Waals surface area contributed by atoms with Crippen LogP contribution in [0.25, 0.3) is 0 Å². The average molecular weight is 150 g/mol. The van der Waals surface area contributed by atoms with Crippen LogP contribution in [0.15, 0.2) is 24.4 Å². The van der Waals surface area contributed by atoms with Crippen molar-refractivity contribution in [1.29, 1.82) is 0 Å². The topological polar surface area (TPSA) is 24.9 Å². The Hall–Kier alpha value is -1.05. The second kappa shape index (κ2) is 2.91. The molecule has 0 atom stereocenters. The molecule has 2 nitrogen and oxygen atoms in total. The van der Waals surface area contributed by atoms with Crippen LogP contribution in [0.4, 0.5) is 5.82 Å².